The SMILES string of the molecule is CN1Cc2cccnc2C(N2CCN(C(=O)Cc3cc[n+]([O-])cc3)CC2)c2ccc(Cl)cc21. The van der Waals surface area contributed by atoms with E-state index in [2.05, 4.69) is 29.0 Å². The Morgan fingerprint density at radius 2 is 1.91 bits per heavy atom. The van der Waals surface area contributed by atoms with Gasteiger partial charge in [-0.25, -0.2) is 0 Å². The quantitative estimate of drug-likeness (QED) is 0.441. The van der Waals surface area contributed by atoms with Crippen LogP contribution in [-0.2, 0) is 17.8 Å². The van der Waals surface area contributed by atoms with Crippen LogP contribution in [0.25, 0.3) is 0 Å². The molecule has 0 spiro atoms. The molecule has 33 heavy (non-hydrogen) atoms. The molecule has 1 saturated heterocycles. The largest absolute Gasteiger partial charge is 0.619 e. The second kappa shape index (κ2) is 9.00. The molecule has 1 aromatic carbocycles. The number of piperazine rings is 1. The number of amides is 1. The van der Waals surface area contributed by atoms with Gasteiger partial charge in [0.25, 0.3) is 0 Å². The molecule has 1 atom stereocenters. The van der Waals surface area contributed by atoms with E-state index in [0.717, 1.165) is 46.3 Å². The van der Waals surface area contributed by atoms with Crippen molar-refractivity contribution in [2.45, 2.75) is 19.0 Å². The van der Waals surface area contributed by atoms with E-state index in [0.29, 0.717) is 19.5 Å². The molecule has 0 radical (unpaired) electrons. The molecule has 0 N–H and O–H groups in total. The Kier molecular flexibility index (Phi) is 5.91. The van der Waals surface area contributed by atoms with Crippen molar-refractivity contribution in [1.29, 1.82) is 0 Å². The molecule has 2 aromatic heterocycles. The molecule has 5 rings (SSSR count). The zero-order valence-electron chi connectivity index (χ0n) is 18.5. The van der Waals surface area contributed by atoms with E-state index >= 15 is 0 Å². The lowest BCUT2D eigenvalue weighted by Gasteiger charge is -2.39. The minimum atomic E-state index is 0.0114. The molecule has 1 unspecified atom stereocenters. The molecule has 0 saturated carbocycles. The maximum absolute atomic E-state index is 12.9. The molecular formula is C25H26ClN5O2. The van der Waals surface area contributed by atoms with Gasteiger partial charge in [-0.1, -0.05) is 23.7 Å². The summed E-state index contributed by atoms with van der Waals surface area (Å²) in [6.07, 6.45) is 5.02. The number of hydrogen-bond acceptors (Lipinski definition) is 5. The summed E-state index contributed by atoms with van der Waals surface area (Å²) in [7, 11) is 2.09. The van der Waals surface area contributed by atoms with Crippen LogP contribution in [0.2, 0.25) is 5.02 Å². The predicted molar refractivity (Wildman–Crippen MR) is 127 cm³/mol. The molecule has 8 heteroatoms. The summed E-state index contributed by atoms with van der Waals surface area (Å²) < 4.78 is 0.730. The van der Waals surface area contributed by atoms with Crippen LogP contribution in [0.4, 0.5) is 5.69 Å². The minimum Gasteiger partial charge on any atom is -0.619 e. The number of nitrogens with zero attached hydrogens (tertiary/aromatic N) is 5. The van der Waals surface area contributed by atoms with Gasteiger partial charge in [0.15, 0.2) is 12.4 Å². The van der Waals surface area contributed by atoms with Crippen molar-refractivity contribution in [3.8, 4) is 0 Å². The Morgan fingerprint density at radius 1 is 1.15 bits per heavy atom. The fourth-order valence-corrected chi connectivity index (χ4v) is 5.01. The van der Waals surface area contributed by atoms with Gasteiger partial charge in [-0.15, -0.1) is 0 Å². The van der Waals surface area contributed by atoms with E-state index < -0.39 is 0 Å². The molecule has 1 fully saturated rings. The molecule has 0 bridgehead atoms. The van der Waals surface area contributed by atoms with Gasteiger partial charge >= 0.3 is 0 Å². The Hall–Kier alpha value is -3.16. The Morgan fingerprint density at radius 3 is 2.67 bits per heavy atom. The first kappa shape index (κ1) is 21.7. The highest BCUT2D eigenvalue weighted by atomic mass is 35.5. The summed E-state index contributed by atoms with van der Waals surface area (Å²) in [4.78, 5) is 24.2. The number of anilines is 1. The molecule has 3 aromatic rings. The minimum absolute atomic E-state index is 0.0114. The first-order valence-corrected chi connectivity index (χ1v) is 11.5. The molecule has 7 nitrogen and oxygen atoms in total. The average Bonchev–Trinajstić information content (AvgIpc) is 2.94. The zero-order chi connectivity index (χ0) is 22.9. The van der Waals surface area contributed by atoms with Crippen LogP contribution >= 0.6 is 11.6 Å². The lowest BCUT2D eigenvalue weighted by atomic mass is 9.97. The van der Waals surface area contributed by atoms with Crippen LogP contribution in [0, 0.1) is 5.21 Å². The number of carbonyl (C=O) groups is 1. The van der Waals surface area contributed by atoms with Crippen molar-refractivity contribution in [2.24, 2.45) is 0 Å². The maximum Gasteiger partial charge on any atom is 0.227 e. The summed E-state index contributed by atoms with van der Waals surface area (Å²) >= 11 is 6.35. The fraction of sp³-hybridized carbons (Fsp3) is 0.320. The van der Waals surface area contributed by atoms with Crippen LogP contribution in [0.3, 0.4) is 0 Å². The third-order valence-corrected chi connectivity index (χ3v) is 6.78. The highest BCUT2D eigenvalue weighted by Crippen LogP contribution is 2.40. The molecule has 1 amide bonds. The second-order valence-electron chi connectivity index (χ2n) is 8.67. The first-order chi connectivity index (χ1) is 16.0. The highest BCUT2D eigenvalue weighted by molar-refractivity contribution is 6.30. The standard InChI is InChI=1S/C25H26ClN5O2/c1-28-17-19-3-2-8-27-24(19)25(21-5-4-20(26)16-22(21)28)30-13-11-29(12-14-30)23(32)15-18-6-9-31(33)10-7-18/h2-10,16,25H,11-15,17H2,1H3. The van der Waals surface area contributed by atoms with E-state index in [-0.39, 0.29) is 11.9 Å². The number of halogens is 1. The van der Waals surface area contributed by atoms with Gasteiger partial charge in [0, 0.05) is 68.8 Å². The molecule has 2 aliphatic heterocycles. The number of carbonyl (C=O) groups excluding carboxylic acids is 1. The van der Waals surface area contributed by atoms with Gasteiger partial charge < -0.3 is 15.0 Å². The molecule has 0 aliphatic carbocycles. The molecule has 2 aliphatic rings. The molecule has 4 heterocycles. The topological polar surface area (TPSA) is 66.6 Å². The normalized spacial score (nSPS) is 18.4. The van der Waals surface area contributed by atoms with Crippen LogP contribution in [0.5, 0.6) is 0 Å². The van der Waals surface area contributed by atoms with Gasteiger partial charge in [0.2, 0.25) is 5.91 Å². The van der Waals surface area contributed by atoms with Crippen molar-refractivity contribution < 1.29 is 9.52 Å². The summed E-state index contributed by atoms with van der Waals surface area (Å²) in [5, 5.41) is 12.0. The fourth-order valence-electron chi connectivity index (χ4n) is 4.84. The number of aromatic nitrogens is 2. The Bertz CT molecular complexity index is 1160. The summed E-state index contributed by atoms with van der Waals surface area (Å²) in [5.41, 5.74) is 5.43. The zero-order valence-corrected chi connectivity index (χ0v) is 19.3. The van der Waals surface area contributed by atoms with Gasteiger partial charge in [0.05, 0.1) is 18.2 Å². The smallest absolute Gasteiger partial charge is 0.227 e. The van der Waals surface area contributed by atoms with E-state index in [4.69, 9.17) is 16.6 Å². The summed E-state index contributed by atoms with van der Waals surface area (Å²) in [6.45, 7) is 3.60. The van der Waals surface area contributed by atoms with Gasteiger partial charge in [0.1, 0.15) is 0 Å². The van der Waals surface area contributed by atoms with Crippen molar-refractivity contribution in [2.75, 3.05) is 38.1 Å². The van der Waals surface area contributed by atoms with E-state index in [9.17, 15) is 10.0 Å². The highest BCUT2D eigenvalue weighted by Gasteiger charge is 2.34. The predicted octanol–water partition coefficient (Wildman–Crippen LogP) is 2.79. The summed E-state index contributed by atoms with van der Waals surface area (Å²) in [6, 6.07) is 13.6. The van der Waals surface area contributed by atoms with Crippen molar-refractivity contribution in [1.82, 2.24) is 14.8 Å². The van der Waals surface area contributed by atoms with E-state index in [1.165, 1.54) is 23.5 Å². The number of rotatable bonds is 3. The number of fused-ring (bicyclic) bond motifs is 2. The lowest BCUT2D eigenvalue weighted by Crippen LogP contribution is -2.50. The number of benzene rings is 1. The monoisotopic (exact) mass is 463 g/mol. The summed E-state index contributed by atoms with van der Waals surface area (Å²) in [5.74, 6) is 0.0876. The average molecular weight is 464 g/mol. The third-order valence-electron chi connectivity index (χ3n) is 6.55. The number of pyridine rings is 2. The van der Waals surface area contributed by atoms with Crippen LogP contribution in [0.1, 0.15) is 28.4 Å². The van der Waals surface area contributed by atoms with Crippen molar-refractivity contribution in [3.05, 3.63) is 93.7 Å². The Balaban J connectivity index is 1.37. The lowest BCUT2D eigenvalue weighted by molar-refractivity contribution is -0.605. The van der Waals surface area contributed by atoms with Crippen LogP contribution in [0.15, 0.2) is 61.1 Å². The van der Waals surface area contributed by atoms with Gasteiger partial charge in [-0.2, -0.15) is 4.73 Å². The van der Waals surface area contributed by atoms with Crippen LogP contribution < -0.4 is 9.63 Å². The van der Waals surface area contributed by atoms with Crippen LogP contribution in [-0.4, -0.2) is 53.9 Å². The first-order valence-electron chi connectivity index (χ1n) is 11.1. The van der Waals surface area contributed by atoms with E-state index in [1.807, 2.05) is 29.3 Å². The molecule has 170 valence electrons. The number of hydrogen-bond donors (Lipinski definition) is 0. The van der Waals surface area contributed by atoms with Crippen molar-refractivity contribution >= 4 is 23.2 Å². The maximum atomic E-state index is 12.9. The van der Waals surface area contributed by atoms with Gasteiger partial charge in [-0.05, 0) is 34.9 Å². The third kappa shape index (κ3) is 4.38. The molecular weight excluding hydrogens is 438 g/mol. The second-order valence-corrected chi connectivity index (χ2v) is 9.11. The van der Waals surface area contributed by atoms with Gasteiger partial charge in [-0.3, -0.25) is 14.7 Å². The Labute approximate surface area is 198 Å². The van der Waals surface area contributed by atoms with E-state index in [1.54, 1.807) is 12.1 Å². The van der Waals surface area contributed by atoms with Crippen molar-refractivity contribution in [3.63, 3.8) is 0 Å².